The molecule has 0 radical (unpaired) electrons. The summed E-state index contributed by atoms with van der Waals surface area (Å²) < 4.78 is 36.8. The van der Waals surface area contributed by atoms with Gasteiger partial charge in [-0.3, -0.25) is 4.79 Å². The lowest BCUT2D eigenvalue weighted by Crippen LogP contribution is -2.12. The Labute approximate surface area is 320 Å². The fourth-order valence-electron chi connectivity index (χ4n) is 4.78. The van der Waals surface area contributed by atoms with Crippen molar-refractivity contribution in [1.29, 1.82) is 0 Å². The Kier molecular flexibility index (Phi) is 13.4. The lowest BCUT2D eigenvalue weighted by molar-refractivity contribution is -0.147. The van der Waals surface area contributed by atoms with Crippen LogP contribution in [0.5, 0.6) is 28.7 Å². The molecule has 284 valence electrons. The van der Waals surface area contributed by atoms with Crippen molar-refractivity contribution in [3.8, 4) is 28.7 Å². The number of ether oxygens (including phenoxy) is 7. The van der Waals surface area contributed by atoms with Gasteiger partial charge in [0.15, 0.2) is 0 Å². The minimum Gasteiger partial charge on any atom is -0.462 e. The van der Waals surface area contributed by atoms with E-state index in [9.17, 15) is 28.8 Å². The van der Waals surface area contributed by atoms with E-state index in [2.05, 4.69) is 6.58 Å². The molecule has 0 fully saturated rings. The van der Waals surface area contributed by atoms with Crippen molar-refractivity contribution < 1.29 is 61.9 Å². The van der Waals surface area contributed by atoms with Gasteiger partial charge in [-0.25, -0.2) is 24.0 Å². The van der Waals surface area contributed by atoms with Crippen LogP contribution in [-0.4, -0.2) is 49.2 Å². The van der Waals surface area contributed by atoms with Crippen LogP contribution in [0.3, 0.4) is 0 Å². The van der Waals surface area contributed by atoms with Gasteiger partial charge in [0.25, 0.3) is 0 Å². The molecule has 0 aliphatic carbocycles. The molecule has 0 aliphatic heterocycles. The molecule has 0 aliphatic rings. The lowest BCUT2D eigenvalue weighted by Gasteiger charge is -2.11. The summed E-state index contributed by atoms with van der Waals surface area (Å²) in [5.41, 5.74) is 2.34. The van der Waals surface area contributed by atoms with Crippen LogP contribution in [0.15, 0.2) is 128 Å². The molecule has 0 spiro atoms. The fraction of sp³-hybridized carbons (Fsp3) is 0.116. The predicted molar refractivity (Wildman–Crippen MR) is 199 cm³/mol. The first kappa shape index (κ1) is 39.7. The van der Waals surface area contributed by atoms with E-state index in [-0.39, 0.29) is 53.1 Å². The summed E-state index contributed by atoms with van der Waals surface area (Å²) in [5, 5.41) is 0. The zero-order valence-electron chi connectivity index (χ0n) is 30.2. The third kappa shape index (κ3) is 11.5. The van der Waals surface area contributed by atoms with E-state index >= 15 is 0 Å². The number of carbonyl (C=O) groups is 6. The van der Waals surface area contributed by atoms with Crippen LogP contribution < -0.4 is 23.7 Å². The van der Waals surface area contributed by atoms with E-state index in [4.69, 9.17) is 33.2 Å². The van der Waals surface area contributed by atoms with Crippen molar-refractivity contribution in [3.63, 3.8) is 0 Å². The number of hydrogen-bond donors (Lipinski definition) is 0. The van der Waals surface area contributed by atoms with Crippen LogP contribution in [0.4, 0.5) is 0 Å². The molecule has 13 nitrogen and oxygen atoms in total. The Morgan fingerprint density at radius 1 is 0.536 bits per heavy atom. The largest absolute Gasteiger partial charge is 0.462 e. The van der Waals surface area contributed by atoms with E-state index in [1.807, 2.05) is 0 Å². The number of hydrogen-bond acceptors (Lipinski definition) is 13. The quantitative estimate of drug-likeness (QED) is 0.0462. The highest BCUT2D eigenvalue weighted by Crippen LogP contribution is 2.26. The van der Waals surface area contributed by atoms with Crippen molar-refractivity contribution in [2.24, 2.45) is 0 Å². The summed E-state index contributed by atoms with van der Waals surface area (Å²) in [7, 11) is 0. The average Bonchev–Trinajstić information content (AvgIpc) is 3.19. The van der Waals surface area contributed by atoms with Gasteiger partial charge < -0.3 is 33.2 Å². The van der Waals surface area contributed by atoms with Crippen LogP contribution in [0, 0.1) is 6.92 Å². The van der Waals surface area contributed by atoms with Gasteiger partial charge in [0.1, 0.15) is 28.7 Å². The normalized spacial score (nSPS) is 10.3. The van der Waals surface area contributed by atoms with Gasteiger partial charge >= 0.3 is 35.8 Å². The van der Waals surface area contributed by atoms with Gasteiger partial charge in [0.2, 0.25) is 6.79 Å². The van der Waals surface area contributed by atoms with Gasteiger partial charge in [-0.05, 0) is 121 Å². The Hall–Kier alpha value is -7.54. The number of aryl methyl sites for hydroxylation is 1. The first-order chi connectivity index (χ1) is 27.0. The highest BCUT2D eigenvalue weighted by molar-refractivity contribution is 5.94. The van der Waals surface area contributed by atoms with Gasteiger partial charge in [0.05, 0.1) is 28.9 Å². The minimum absolute atomic E-state index is 0.185. The first-order valence-corrected chi connectivity index (χ1v) is 16.9. The van der Waals surface area contributed by atoms with E-state index in [1.165, 1.54) is 97.9 Å². The maximum atomic E-state index is 12.9. The average molecular weight is 759 g/mol. The molecule has 0 atom stereocenters. The number of rotatable bonds is 15. The summed E-state index contributed by atoms with van der Waals surface area (Å²) in [6, 6.07) is 28.8. The van der Waals surface area contributed by atoms with E-state index in [1.54, 1.807) is 31.2 Å². The number of esters is 6. The second-order valence-corrected chi connectivity index (χ2v) is 11.8. The van der Waals surface area contributed by atoms with Crippen molar-refractivity contribution >= 4 is 35.8 Å². The van der Waals surface area contributed by atoms with E-state index < -0.39 is 35.8 Å². The van der Waals surface area contributed by atoms with E-state index in [0.29, 0.717) is 23.3 Å². The van der Waals surface area contributed by atoms with Gasteiger partial charge in [0, 0.05) is 19.4 Å². The molecule has 0 saturated heterocycles. The summed E-state index contributed by atoms with van der Waals surface area (Å²) >= 11 is 0. The Bertz CT molecular complexity index is 2220. The maximum absolute atomic E-state index is 12.9. The van der Waals surface area contributed by atoms with Gasteiger partial charge in [-0.2, -0.15) is 0 Å². The Morgan fingerprint density at radius 3 is 1.43 bits per heavy atom. The molecular weight excluding hydrogens is 724 g/mol. The topological polar surface area (TPSA) is 167 Å². The highest BCUT2D eigenvalue weighted by atomic mass is 16.7. The standard InChI is InChI=1S/C43H34O13/c1-4-39(45)50-24-23-29-5-7-30(8-6-29)40(46)53-36-19-13-33(14-20-36)43(49)56-38-22-21-37(25-27(38)2)55-42(48)32-11-17-35(18-12-32)54-41(47)31-9-15-34(16-10-31)52-26-51-28(3)44/h4-22,25H,1,23-24,26H2,2-3H3. The van der Waals surface area contributed by atoms with Gasteiger partial charge in [-0.1, -0.05) is 18.7 Å². The molecule has 5 rings (SSSR count). The Morgan fingerprint density at radius 2 is 0.964 bits per heavy atom. The molecule has 0 N–H and O–H groups in total. The van der Waals surface area contributed by atoms with Crippen LogP contribution in [-0.2, 0) is 25.5 Å². The van der Waals surface area contributed by atoms with Gasteiger partial charge in [-0.15, -0.1) is 0 Å². The van der Waals surface area contributed by atoms with E-state index in [0.717, 1.165) is 11.6 Å². The lowest BCUT2D eigenvalue weighted by atomic mass is 10.1. The molecule has 0 aromatic heterocycles. The maximum Gasteiger partial charge on any atom is 0.343 e. The third-order valence-corrected chi connectivity index (χ3v) is 7.73. The summed E-state index contributed by atoms with van der Waals surface area (Å²) in [6.45, 7) is 6.21. The molecule has 0 saturated carbocycles. The number of benzene rings is 5. The predicted octanol–water partition coefficient (Wildman–Crippen LogP) is 7.04. The molecule has 5 aromatic rings. The second kappa shape index (κ2) is 19.0. The molecule has 0 bridgehead atoms. The smallest absolute Gasteiger partial charge is 0.343 e. The zero-order valence-corrected chi connectivity index (χ0v) is 30.2. The van der Waals surface area contributed by atoms with Crippen molar-refractivity contribution in [3.05, 3.63) is 161 Å². The van der Waals surface area contributed by atoms with Crippen molar-refractivity contribution in [1.82, 2.24) is 0 Å². The third-order valence-electron chi connectivity index (χ3n) is 7.73. The van der Waals surface area contributed by atoms with Crippen LogP contribution in [0.2, 0.25) is 0 Å². The van der Waals surface area contributed by atoms with Crippen molar-refractivity contribution in [2.45, 2.75) is 20.3 Å². The molecule has 5 aromatic carbocycles. The van der Waals surface area contributed by atoms with Crippen molar-refractivity contribution in [2.75, 3.05) is 13.4 Å². The molecule has 56 heavy (non-hydrogen) atoms. The molecular formula is C43H34O13. The van der Waals surface area contributed by atoms with Crippen LogP contribution >= 0.6 is 0 Å². The molecule has 0 heterocycles. The Balaban J connectivity index is 1.08. The monoisotopic (exact) mass is 758 g/mol. The second-order valence-electron chi connectivity index (χ2n) is 11.8. The SMILES string of the molecule is C=CC(=O)OCCc1ccc(C(=O)Oc2ccc(C(=O)Oc3ccc(OC(=O)c4ccc(OC(=O)c5ccc(OCOC(C)=O)cc5)cc4)cc3C)cc2)cc1. The highest BCUT2D eigenvalue weighted by Gasteiger charge is 2.16. The zero-order chi connectivity index (χ0) is 40.0. The van der Waals surface area contributed by atoms with Crippen LogP contribution in [0.1, 0.15) is 59.5 Å². The number of carbonyl (C=O) groups excluding carboxylic acids is 6. The summed E-state index contributed by atoms with van der Waals surface area (Å²) in [5.74, 6) is -2.28. The van der Waals surface area contributed by atoms with Crippen LogP contribution in [0.25, 0.3) is 0 Å². The fourth-order valence-corrected chi connectivity index (χ4v) is 4.78. The molecule has 0 amide bonds. The molecule has 13 heteroatoms. The molecule has 0 unspecified atom stereocenters. The summed E-state index contributed by atoms with van der Waals surface area (Å²) in [6.07, 6.45) is 1.56. The minimum atomic E-state index is -0.669. The summed E-state index contributed by atoms with van der Waals surface area (Å²) in [4.78, 5) is 72.9. The first-order valence-electron chi connectivity index (χ1n) is 16.9.